The monoisotopic (exact) mass is 301 g/mol. The van der Waals surface area contributed by atoms with Crippen molar-refractivity contribution >= 4 is 22.6 Å². The average Bonchev–Trinajstić information content (AvgIpc) is 2.14. The van der Waals surface area contributed by atoms with Crippen LogP contribution in [0.4, 0.5) is 0 Å². The molecule has 0 nitrogen and oxygen atoms in total. The van der Waals surface area contributed by atoms with Crippen LogP contribution >= 0.6 is 22.6 Å². The van der Waals surface area contributed by atoms with Crippen molar-refractivity contribution < 1.29 is 0 Å². The van der Waals surface area contributed by atoms with Crippen molar-refractivity contribution in [1.82, 2.24) is 0 Å². The summed E-state index contributed by atoms with van der Waals surface area (Å²) in [5, 5.41) is 0. The van der Waals surface area contributed by atoms with Crippen LogP contribution in [-0.2, 0) is 6.42 Å². The Balaban J connectivity index is 2.84. The van der Waals surface area contributed by atoms with Gasteiger partial charge in [0, 0.05) is 3.57 Å². The van der Waals surface area contributed by atoms with Gasteiger partial charge in [0.2, 0.25) is 0 Å². The van der Waals surface area contributed by atoms with Crippen LogP contribution in [0.25, 0.3) is 0 Å². The Labute approximate surface area is 101 Å². The van der Waals surface area contributed by atoms with E-state index in [-0.39, 0.29) is 0 Å². The van der Waals surface area contributed by atoms with Gasteiger partial charge in [-0.2, -0.15) is 0 Å². The highest BCUT2D eigenvalue weighted by molar-refractivity contribution is 14.1. The summed E-state index contributed by atoms with van der Waals surface area (Å²) in [6, 6.07) is 6.81. The van der Waals surface area contributed by atoms with Gasteiger partial charge in [0.1, 0.15) is 0 Å². The van der Waals surface area contributed by atoms with E-state index in [1.807, 2.05) is 0 Å². The average molecular weight is 301 g/mol. The molecule has 0 aliphatic heterocycles. The van der Waals surface area contributed by atoms with Gasteiger partial charge in [0.25, 0.3) is 0 Å². The van der Waals surface area contributed by atoms with Crippen LogP contribution in [0.15, 0.2) is 18.2 Å². The Bertz CT molecular complexity index is 289. The Kier molecular flexibility index (Phi) is 4.93. The van der Waals surface area contributed by atoms with Gasteiger partial charge in [-0.05, 0) is 71.5 Å². The molecule has 1 radical (unpaired) electrons. The zero-order valence-electron chi connectivity index (χ0n) is 9.02. The minimum Gasteiger partial charge on any atom is -0.0654 e. The number of hydrogen-bond donors (Lipinski definition) is 0. The zero-order valence-corrected chi connectivity index (χ0v) is 11.2. The zero-order chi connectivity index (χ0) is 10.6. The van der Waals surface area contributed by atoms with Gasteiger partial charge in [-0.1, -0.05) is 26.3 Å². The maximum atomic E-state index is 4.07. The van der Waals surface area contributed by atoms with Crippen LogP contribution in [0.1, 0.15) is 43.7 Å². The van der Waals surface area contributed by atoms with E-state index in [1.165, 1.54) is 34.0 Å². The van der Waals surface area contributed by atoms with Gasteiger partial charge in [-0.25, -0.2) is 0 Å². The SMILES string of the molecule is [CH2]C(C)c1cc(I)cc(CCCC)c1. The molecular weight excluding hydrogens is 283 g/mol. The van der Waals surface area contributed by atoms with E-state index in [1.54, 1.807) is 0 Å². The van der Waals surface area contributed by atoms with Crippen LogP contribution in [-0.4, -0.2) is 0 Å². The molecule has 0 saturated heterocycles. The fraction of sp³-hybridized carbons (Fsp3) is 0.462. The van der Waals surface area contributed by atoms with E-state index < -0.39 is 0 Å². The summed E-state index contributed by atoms with van der Waals surface area (Å²) in [5.74, 6) is 0.394. The molecule has 1 aromatic carbocycles. The summed E-state index contributed by atoms with van der Waals surface area (Å²) >= 11 is 2.39. The summed E-state index contributed by atoms with van der Waals surface area (Å²) in [6.07, 6.45) is 3.75. The summed E-state index contributed by atoms with van der Waals surface area (Å²) < 4.78 is 1.33. The molecule has 14 heavy (non-hydrogen) atoms. The molecule has 0 amide bonds. The third-order valence-corrected chi connectivity index (χ3v) is 2.99. The molecule has 1 unspecified atom stereocenters. The van der Waals surface area contributed by atoms with Crippen LogP contribution in [0.5, 0.6) is 0 Å². The molecule has 0 N–H and O–H groups in total. The maximum Gasteiger partial charge on any atom is 0.0135 e. The molecule has 1 heteroatoms. The first-order chi connectivity index (χ1) is 6.63. The molecule has 0 heterocycles. The van der Waals surface area contributed by atoms with E-state index in [0.717, 1.165) is 0 Å². The minimum absolute atomic E-state index is 0.394. The first-order valence-corrected chi connectivity index (χ1v) is 6.33. The first-order valence-electron chi connectivity index (χ1n) is 5.26. The third kappa shape index (κ3) is 3.60. The van der Waals surface area contributed by atoms with E-state index in [9.17, 15) is 0 Å². The topological polar surface area (TPSA) is 0 Å². The predicted molar refractivity (Wildman–Crippen MR) is 71.5 cm³/mol. The molecule has 0 fully saturated rings. The molecule has 1 aromatic rings. The second kappa shape index (κ2) is 5.74. The highest BCUT2D eigenvalue weighted by atomic mass is 127. The van der Waals surface area contributed by atoms with Gasteiger partial charge in [0.15, 0.2) is 0 Å². The lowest BCUT2D eigenvalue weighted by atomic mass is 9.99. The van der Waals surface area contributed by atoms with E-state index >= 15 is 0 Å². The Morgan fingerprint density at radius 3 is 2.64 bits per heavy atom. The molecule has 0 aromatic heterocycles. The van der Waals surface area contributed by atoms with E-state index in [0.29, 0.717) is 5.92 Å². The van der Waals surface area contributed by atoms with Crippen LogP contribution in [0.3, 0.4) is 0 Å². The summed E-state index contributed by atoms with van der Waals surface area (Å²) in [4.78, 5) is 0. The van der Waals surface area contributed by atoms with Gasteiger partial charge in [-0.3, -0.25) is 0 Å². The summed E-state index contributed by atoms with van der Waals surface area (Å²) in [6.45, 7) is 8.45. The van der Waals surface area contributed by atoms with Gasteiger partial charge in [0.05, 0.1) is 0 Å². The number of unbranched alkanes of at least 4 members (excludes halogenated alkanes) is 1. The quantitative estimate of drug-likeness (QED) is 0.715. The van der Waals surface area contributed by atoms with Crippen LogP contribution in [0, 0.1) is 10.5 Å². The first kappa shape index (κ1) is 12.0. The highest BCUT2D eigenvalue weighted by Gasteiger charge is 2.02. The molecule has 0 aliphatic rings. The van der Waals surface area contributed by atoms with Crippen molar-refractivity contribution in [2.75, 3.05) is 0 Å². The molecule has 1 rings (SSSR count). The smallest absolute Gasteiger partial charge is 0.0135 e. The highest BCUT2D eigenvalue weighted by Crippen LogP contribution is 2.20. The lowest BCUT2D eigenvalue weighted by molar-refractivity contribution is 0.792. The predicted octanol–water partition coefficient (Wildman–Crippen LogP) is 4.57. The molecule has 0 bridgehead atoms. The number of rotatable bonds is 4. The number of hydrogen-bond acceptors (Lipinski definition) is 0. The van der Waals surface area contributed by atoms with E-state index in [2.05, 4.69) is 61.6 Å². The minimum atomic E-state index is 0.394. The van der Waals surface area contributed by atoms with E-state index in [4.69, 9.17) is 0 Å². The molecule has 1 atom stereocenters. The van der Waals surface area contributed by atoms with Crippen LogP contribution < -0.4 is 0 Å². The molecule has 0 saturated carbocycles. The number of halogens is 1. The second-order valence-corrected chi connectivity index (χ2v) is 5.14. The van der Waals surface area contributed by atoms with Crippen molar-refractivity contribution in [3.05, 3.63) is 39.8 Å². The largest absolute Gasteiger partial charge is 0.0654 e. The van der Waals surface area contributed by atoms with Crippen LogP contribution in [0.2, 0.25) is 0 Å². The van der Waals surface area contributed by atoms with Gasteiger partial charge in [-0.15, -0.1) is 0 Å². The Hall–Kier alpha value is -0.0500. The normalized spacial score (nSPS) is 10.9. The molecular formula is C13H18I. The Morgan fingerprint density at radius 1 is 1.36 bits per heavy atom. The lowest BCUT2D eigenvalue weighted by Gasteiger charge is -2.09. The molecule has 0 spiro atoms. The fourth-order valence-corrected chi connectivity index (χ4v) is 2.24. The molecule has 77 valence electrons. The molecule has 0 aliphatic carbocycles. The summed E-state index contributed by atoms with van der Waals surface area (Å²) in [5.41, 5.74) is 2.83. The summed E-state index contributed by atoms with van der Waals surface area (Å²) in [7, 11) is 0. The number of aryl methyl sites for hydroxylation is 1. The van der Waals surface area contributed by atoms with Crippen molar-refractivity contribution in [3.63, 3.8) is 0 Å². The van der Waals surface area contributed by atoms with Gasteiger partial charge < -0.3 is 0 Å². The Morgan fingerprint density at radius 2 is 2.07 bits per heavy atom. The lowest BCUT2D eigenvalue weighted by Crippen LogP contribution is -1.93. The van der Waals surface area contributed by atoms with Crippen molar-refractivity contribution in [2.24, 2.45) is 0 Å². The van der Waals surface area contributed by atoms with Crippen molar-refractivity contribution in [3.8, 4) is 0 Å². The standard InChI is InChI=1S/C13H18I/c1-4-5-6-11-7-12(10(2)3)9-13(14)8-11/h7-10H,2,4-6H2,1,3H3. The number of benzene rings is 1. The third-order valence-electron chi connectivity index (χ3n) is 2.37. The fourth-order valence-electron chi connectivity index (χ4n) is 1.49. The van der Waals surface area contributed by atoms with Gasteiger partial charge >= 0.3 is 0 Å². The maximum absolute atomic E-state index is 4.07. The van der Waals surface area contributed by atoms with Crippen molar-refractivity contribution in [2.45, 2.75) is 39.0 Å². The second-order valence-electron chi connectivity index (χ2n) is 3.90. The van der Waals surface area contributed by atoms with Crippen molar-refractivity contribution in [1.29, 1.82) is 0 Å².